The van der Waals surface area contributed by atoms with Crippen LogP contribution in [0.3, 0.4) is 0 Å². The second kappa shape index (κ2) is 14.5. The molecule has 3 aromatic heterocycles. The van der Waals surface area contributed by atoms with E-state index in [9.17, 15) is 0 Å². The fourth-order valence-corrected chi connectivity index (χ4v) is 9.71. The van der Waals surface area contributed by atoms with Gasteiger partial charge < -0.3 is 9.13 Å². The molecule has 0 saturated carbocycles. The topological polar surface area (TPSA) is 48.5 Å². The van der Waals surface area contributed by atoms with Crippen LogP contribution in [0.2, 0.25) is 0 Å². The van der Waals surface area contributed by atoms with Crippen LogP contribution >= 0.6 is 0 Å². The van der Waals surface area contributed by atoms with Crippen LogP contribution in [0.15, 0.2) is 224 Å². The number of hydrogen-bond donors (Lipinski definition) is 0. The van der Waals surface area contributed by atoms with Gasteiger partial charge in [-0.15, -0.1) is 0 Å². The first kappa shape index (κ1) is 36.0. The molecule has 10 aromatic carbocycles. The van der Waals surface area contributed by atoms with Crippen LogP contribution in [-0.4, -0.2) is 24.1 Å². The van der Waals surface area contributed by atoms with Crippen molar-refractivity contribution in [3.8, 4) is 56.7 Å². The number of benzene rings is 10. The van der Waals surface area contributed by atoms with Crippen LogP contribution in [0.25, 0.3) is 122 Å². The van der Waals surface area contributed by atoms with Gasteiger partial charge in [0.25, 0.3) is 0 Å². The Labute approximate surface area is 368 Å². The Balaban J connectivity index is 1.01. The van der Waals surface area contributed by atoms with E-state index in [1.54, 1.807) is 0 Å². The number of aromatic nitrogens is 5. The van der Waals surface area contributed by atoms with E-state index < -0.39 is 0 Å². The minimum atomic E-state index is 0.625. The molecule has 0 saturated heterocycles. The summed E-state index contributed by atoms with van der Waals surface area (Å²) in [7, 11) is 0. The Kier molecular flexibility index (Phi) is 8.15. The highest BCUT2D eigenvalue weighted by molar-refractivity contribution is 6.16. The number of fused-ring (bicyclic) bond motifs is 8. The van der Waals surface area contributed by atoms with Crippen molar-refractivity contribution in [3.63, 3.8) is 0 Å². The van der Waals surface area contributed by atoms with E-state index in [0.717, 1.165) is 61.0 Å². The lowest BCUT2D eigenvalue weighted by atomic mass is 10.0. The van der Waals surface area contributed by atoms with Crippen LogP contribution in [0.5, 0.6) is 0 Å². The molecule has 0 unspecified atom stereocenters. The lowest BCUT2D eigenvalue weighted by molar-refractivity contribution is 1.07. The smallest absolute Gasteiger partial charge is 0.164 e. The molecule has 0 amide bonds. The molecule has 298 valence electrons. The fraction of sp³-hybridized carbons (Fsp3) is 0. The zero-order valence-corrected chi connectivity index (χ0v) is 34.6. The third-order valence-electron chi connectivity index (χ3n) is 12.7. The van der Waals surface area contributed by atoms with Gasteiger partial charge in [-0.05, 0) is 81.9 Å². The van der Waals surface area contributed by atoms with Gasteiger partial charge in [-0.3, -0.25) is 0 Å². The molecule has 3 heterocycles. The maximum Gasteiger partial charge on any atom is 0.164 e. The second-order valence-electron chi connectivity index (χ2n) is 16.5. The first-order chi connectivity index (χ1) is 31.7. The van der Waals surface area contributed by atoms with Crippen LogP contribution in [0, 0.1) is 0 Å². The Hall–Kier alpha value is -8.67. The van der Waals surface area contributed by atoms with Gasteiger partial charge in [0.1, 0.15) is 0 Å². The summed E-state index contributed by atoms with van der Waals surface area (Å²) in [5.41, 5.74) is 12.0. The molecule has 13 rings (SSSR count). The minimum Gasteiger partial charge on any atom is -0.309 e. The summed E-state index contributed by atoms with van der Waals surface area (Å²) < 4.78 is 4.87. The quantitative estimate of drug-likeness (QED) is 0.168. The Morgan fingerprint density at radius 3 is 1.50 bits per heavy atom. The molecule has 0 aliphatic carbocycles. The summed E-state index contributed by atoms with van der Waals surface area (Å²) in [6.07, 6.45) is 0. The molecule has 0 N–H and O–H groups in total. The maximum absolute atomic E-state index is 5.17. The van der Waals surface area contributed by atoms with Crippen LogP contribution in [0.4, 0.5) is 0 Å². The third kappa shape index (κ3) is 5.83. The molecule has 0 spiro atoms. The predicted molar refractivity (Wildman–Crippen MR) is 265 cm³/mol. The molecule has 0 aliphatic heterocycles. The largest absolute Gasteiger partial charge is 0.309 e. The molecule has 0 bridgehead atoms. The zero-order chi connectivity index (χ0) is 42.1. The van der Waals surface area contributed by atoms with E-state index in [4.69, 9.17) is 15.0 Å². The summed E-state index contributed by atoms with van der Waals surface area (Å²) in [4.78, 5) is 15.3. The van der Waals surface area contributed by atoms with Crippen molar-refractivity contribution in [1.29, 1.82) is 0 Å². The van der Waals surface area contributed by atoms with Crippen molar-refractivity contribution in [2.75, 3.05) is 0 Å². The van der Waals surface area contributed by atoms with Crippen LogP contribution in [-0.2, 0) is 0 Å². The van der Waals surface area contributed by atoms with Gasteiger partial charge in [-0.2, -0.15) is 0 Å². The lowest BCUT2D eigenvalue weighted by Gasteiger charge is -2.14. The van der Waals surface area contributed by atoms with Crippen molar-refractivity contribution in [3.05, 3.63) is 224 Å². The normalized spacial score (nSPS) is 11.8. The number of hydrogen-bond acceptors (Lipinski definition) is 3. The highest BCUT2D eigenvalue weighted by Crippen LogP contribution is 2.40. The Bertz CT molecular complexity index is 3900. The summed E-state index contributed by atoms with van der Waals surface area (Å²) in [5, 5.41) is 9.58. The molecular formula is C59H37N5. The number of para-hydroxylation sites is 2. The molecule has 5 heteroatoms. The Morgan fingerprint density at radius 2 is 0.766 bits per heavy atom. The zero-order valence-electron chi connectivity index (χ0n) is 34.6. The minimum absolute atomic E-state index is 0.625. The van der Waals surface area contributed by atoms with Gasteiger partial charge in [0.2, 0.25) is 0 Å². The van der Waals surface area contributed by atoms with E-state index in [1.165, 1.54) is 43.4 Å². The predicted octanol–water partition coefficient (Wildman–Crippen LogP) is 15.0. The highest BCUT2D eigenvalue weighted by atomic mass is 15.0. The van der Waals surface area contributed by atoms with Gasteiger partial charge in [-0.25, -0.2) is 15.0 Å². The van der Waals surface area contributed by atoms with E-state index in [2.05, 4.69) is 209 Å². The van der Waals surface area contributed by atoms with E-state index >= 15 is 0 Å². The van der Waals surface area contributed by atoms with E-state index in [-0.39, 0.29) is 0 Å². The average molecular weight is 816 g/mol. The van der Waals surface area contributed by atoms with Crippen molar-refractivity contribution in [1.82, 2.24) is 24.1 Å². The molecule has 0 fully saturated rings. The second-order valence-corrected chi connectivity index (χ2v) is 16.5. The molecule has 0 aliphatic rings. The number of rotatable bonds is 6. The van der Waals surface area contributed by atoms with E-state index in [0.29, 0.717) is 17.5 Å². The maximum atomic E-state index is 5.17. The first-order valence-corrected chi connectivity index (χ1v) is 21.7. The molecule has 13 aromatic rings. The SMILES string of the molecule is c1ccc(-c2cccc(-c3nc(-c4ccccc4)nc(-c4ccc5c(-n6c7cc(-n8c9ccccc9c9ccccc98)ccc7c7cc8ccccc8cc76)cccc5c4)n3)c2)cc1. The monoisotopic (exact) mass is 815 g/mol. The van der Waals surface area contributed by atoms with E-state index in [1.807, 2.05) is 24.3 Å². The Morgan fingerprint density at radius 1 is 0.250 bits per heavy atom. The van der Waals surface area contributed by atoms with Gasteiger partial charge in [0.05, 0.1) is 27.8 Å². The van der Waals surface area contributed by atoms with Crippen molar-refractivity contribution < 1.29 is 0 Å². The summed E-state index contributed by atoms with van der Waals surface area (Å²) in [6.45, 7) is 0. The lowest BCUT2D eigenvalue weighted by Crippen LogP contribution is -2.01. The van der Waals surface area contributed by atoms with Gasteiger partial charge in [0.15, 0.2) is 17.5 Å². The van der Waals surface area contributed by atoms with Crippen molar-refractivity contribution in [2.45, 2.75) is 0 Å². The molecule has 0 atom stereocenters. The summed E-state index contributed by atoms with van der Waals surface area (Å²) >= 11 is 0. The molecule has 5 nitrogen and oxygen atoms in total. The number of nitrogens with zero attached hydrogens (tertiary/aromatic N) is 5. The van der Waals surface area contributed by atoms with Crippen molar-refractivity contribution in [2.24, 2.45) is 0 Å². The van der Waals surface area contributed by atoms with Crippen LogP contribution in [0.1, 0.15) is 0 Å². The first-order valence-electron chi connectivity index (χ1n) is 21.7. The van der Waals surface area contributed by atoms with Gasteiger partial charge in [-0.1, -0.05) is 170 Å². The van der Waals surface area contributed by atoms with Crippen molar-refractivity contribution >= 4 is 65.2 Å². The molecule has 0 radical (unpaired) electrons. The van der Waals surface area contributed by atoms with Crippen LogP contribution < -0.4 is 0 Å². The highest BCUT2D eigenvalue weighted by Gasteiger charge is 2.20. The molecular weight excluding hydrogens is 779 g/mol. The van der Waals surface area contributed by atoms with Gasteiger partial charge in [0, 0.05) is 49.3 Å². The third-order valence-corrected chi connectivity index (χ3v) is 12.7. The fourth-order valence-electron chi connectivity index (χ4n) is 9.71. The summed E-state index contributed by atoms with van der Waals surface area (Å²) in [6, 6.07) is 80.0. The standard InChI is InChI=1S/C59H37N5/c1-3-15-38(16-4-1)40-21-13-23-44(33-40)58-60-57(39-17-5-2-6-18-39)61-59(62-58)45-29-31-47-43(34-45)22-14-28-52(47)64-55-36-42-20-8-7-19-41(42)35-51(55)50-32-30-46(37-56(50)64)63-53-26-11-9-24-48(53)49-25-10-12-27-54(49)63/h1-37H. The average Bonchev–Trinajstić information content (AvgIpc) is 3.87. The summed E-state index contributed by atoms with van der Waals surface area (Å²) in [5.74, 6) is 1.89. The molecule has 64 heavy (non-hydrogen) atoms. The van der Waals surface area contributed by atoms with Gasteiger partial charge >= 0.3 is 0 Å².